The SMILES string of the molecule is CC(=O)OC[C@H]1O[C@@H](O)[C@@H](NC(=O)OCc2ccccc2)[C@@H](OC(C)=O)[C@H]1OC(C)=O. The molecule has 1 aliphatic rings. The van der Waals surface area contributed by atoms with E-state index in [1.807, 2.05) is 6.07 Å². The first-order chi connectivity index (χ1) is 14.7. The van der Waals surface area contributed by atoms with Gasteiger partial charge in [0, 0.05) is 20.8 Å². The number of esters is 3. The lowest BCUT2D eigenvalue weighted by Crippen LogP contribution is -2.66. The average Bonchev–Trinajstić information content (AvgIpc) is 2.70. The Bertz CT molecular complexity index is 783. The number of hydrogen-bond acceptors (Lipinski definition) is 10. The second-order valence-corrected chi connectivity index (χ2v) is 6.75. The summed E-state index contributed by atoms with van der Waals surface area (Å²) in [5, 5.41) is 12.8. The first-order valence-corrected chi connectivity index (χ1v) is 9.46. The third-order valence-electron chi connectivity index (χ3n) is 4.22. The van der Waals surface area contributed by atoms with Crippen LogP contribution in [0, 0.1) is 0 Å². The van der Waals surface area contributed by atoms with Crippen molar-refractivity contribution < 1.29 is 48.0 Å². The van der Waals surface area contributed by atoms with Gasteiger partial charge >= 0.3 is 24.0 Å². The zero-order valence-electron chi connectivity index (χ0n) is 17.3. The maximum atomic E-state index is 12.3. The summed E-state index contributed by atoms with van der Waals surface area (Å²) in [6, 6.07) is 7.54. The summed E-state index contributed by atoms with van der Waals surface area (Å²) in [6.07, 6.45) is -6.36. The molecule has 0 radical (unpaired) electrons. The largest absolute Gasteiger partial charge is 0.463 e. The van der Waals surface area contributed by atoms with Crippen LogP contribution in [0.5, 0.6) is 0 Å². The molecule has 0 aromatic heterocycles. The fourth-order valence-electron chi connectivity index (χ4n) is 2.97. The van der Waals surface area contributed by atoms with E-state index in [0.717, 1.165) is 26.3 Å². The fraction of sp³-hybridized carbons (Fsp3) is 0.500. The van der Waals surface area contributed by atoms with Crippen LogP contribution in [0.15, 0.2) is 30.3 Å². The first kappa shape index (κ1) is 24.1. The van der Waals surface area contributed by atoms with Crippen molar-refractivity contribution in [1.82, 2.24) is 5.32 Å². The molecule has 1 saturated heterocycles. The summed E-state index contributed by atoms with van der Waals surface area (Å²) < 4.78 is 25.8. The van der Waals surface area contributed by atoms with Crippen molar-refractivity contribution in [2.45, 2.75) is 58.0 Å². The van der Waals surface area contributed by atoms with Crippen LogP contribution in [0.2, 0.25) is 0 Å². The van der Waals surface area contributed by atoms with Crippen molar-refractivity contribution in [3.8, 4) is 0 Å². The van der Waals surface area contributed by atoms with Crippen molar-refractivity contribution in [1.29, 1.82) is 0 Å². The molecule has 170 valence electrons. The van der Waals surface area contributed by atoms with Gasteiger partial charge in [-0.25, -0.2) is 4.79 Å². The highest BCUT2D eigenvalue weighted by Crippen LogP contribution is 2.26. The maximum absolute atomic E-state index is 12.3. The van der Waals surface area contributed by atoms with E-state index in [2.05, 4.69) is 5.32 Å². The van der Waals surface area contributed by atoms with Crippen LogP contribution in [0.3, 0.4) is 0 Å². The number of aliphatic hydroxyl groups excluding tert-OH is 1. The Balaban J connectivity index is 2.16. The predicted molar refractivity (Wildman–Crippen MR) is 102 cm³/mol. The highest BCUT2D eigenvalue weighted by molar-refractivity contribution is 5.69. The molecule has 11 nitrogen and oxygen atoms in total. The van der Waals surface area contributed by atoms with Gasteiger partial charge in [0.2, 0.25) is 0 Å². The molecule has 11 heteroatoms. The Morgan fingerprint density at radius 3 is 2.13 bits per heavy atom. The van der Waals surface area contributed by atoms with Gasteiger partial charge in [0.1, 0.15) is 25.4 Å². The van der Waals surface area contributed by atoms with Gasteiger partial charge in [0.05, 0.1) is 0 Å². The molecule has 1 heterocycles. The molecular weight excluding hydrogens is 414 g/mol. The topological polar surface area (TPSA) is 147 Å². The van der Waals surface area contributed by atoms with Gasteiger partial charge in [-0.2, -0.15) is 0 Å². The van der Waals surface area contributed by atoms with E-state index in [-0.39, 0.29) is 13.2 Å². The van der Waals surface area contributed by atoms with Crippen molar-refractivity contribution in [3.05, 3.63) is 35.9 Å². The van der Waals surface area contributed by atoms with Crippen LogP contribution in [-0.4, -0.2) is 66.4 Å². The number of carbonyl (C=O) groups excluding carboxylic acids is 4. The maximum Gasteiger partial charge on any atom is 0.407 e. The van der Waals surface area contributed by atoms with E-state index in [0.29, 0.717) is 0 Å². The number of alkyl carbamates (subject to hydrolysis) is 1. The van der Waals surface area contributed by atoms with Crippen molar-refractivity contribution in [3.63, 3.8) is 0 Å². The second-order valence-electron chi connectivity index (χ2n) is 6.75. The predicted octanol–water partition coefficient (Wildman–Crippen LogP) is 0.425. The van der Waals surface area contributed by atoms with E-state index in [9.17, 15) is 24.3 Å². The van der Waals surface area contributed by atoms with Crippen molar-refractivity contribution >= 4 is 24.0 Å². The van der Waals surface area contributed by atoms with Gasteiger partial charge in [0.15, 0.2) is 18.5 Å². The zero-order valence-corrected chi connectivity index (χ0v) is 17.3. The molecule has 0 aliphatic carbocycles. The molecule has 0 spiro atoms. The summed E-state index contributed by atoms with van der Waals surface area (Å²) in [4.78, 5) is 46.7. The number of carbonyl (C=O) groups is 4. The average molecular weight is 439 g/mol. The van der Waals surface area contributed by atoms with Gasteiger partial charge in [-0.15, -0.1) is 0 Å². The van der Waals surface area contributed by atoms with Crippen molar-refractivity contribution in [2.75, 3.05) is 6.61 Å². The monoisotopic (exact) mass is 439 g/mol. The Kier molecular flexibility index (Phi) is 8.76. The smallest absolute Gasteiger partial charge is 0.407 e. The summed E-state index contributed by atoms with van der Waals surface area (Å²) in [6.45, 7) is 2.97. The van der Waals surface area contributed by atoms with E-state index in [1.165, 1.54) is 0 Å². The Hall–Kier alpha value is -3.18. The minimum absolute atomic E-state index is 0.0446. The molecule has 1 fully saturated rings. The lowest BCUT2D eigenvalue weighted by Gasteiger charge is -2.43. The molecule has 1 aromatic rings. The summed E-state index contributed by atoms with van der Waals surface area (Å²) in [7, 11) is 0. The molecule has 1 amide bonds. The van der Waals surface area contributed by atoms with Gasteiger partial charge in [-0.3, -0.25) is 14.4 Å². The van der Waals surface area contributed by atoms with Crippen LogP contribution < -0.4 is 5.32 Å². The minimum atomic E-state index is -1.68. The van der Waals surface area contributed by atoms with Crippen LogP contribution in [-0.2, 0) is 44.7 Å². The number of aliphatic hydroxyl groups is 1. The molecule has 0 unspecified atom stereocenters. The number of rotatable bonds is 7. The lowest BCUT2D eigenvalue weighted by molar-refractivity contribution is -0.264. The third-order valence-corrected chi connectivity index (χ3v) is 4.22. The molecule has 2 N–H and O–H groups in total. The highest BCUT2D eigenvalue weighted by atomic mass is 16.7. The fourth-order valence-corrected chi connectivity index (χ4v) is 2.97. The lowest BCUT2D eigenvalue weighted by atomic mass is 9.96. The van der Waals surface area contributed by atoms with Crippen LogP contribution in [0.1, 0.15) is 26.3 Å². The van der Waals surface area contributed by atoms with Gasteiger partial charge in [-0.05, 0) is 5.56 Å². The van der Waals surface area contributed by atoms with Crippen molar-refractivity contribution in [2.24, 2.45) is 0 Å². The molecular formula is C20H25NO10. The molecule has 31 heavy (non-hydrogen) atoms. The van der Waals surface area contributed by atoms with Crippen LogP contribution in [0.25, 0.3) is 0 Å². The second kappa shape index (κ2) is 11.3. The van der Waals surface area contributed by atoms with E-state index < -0.39 is 54.6 Å². The first-order valence-electron chi connectivity index (χ1n) is 9.46. The molecule has 1 aromatic carbocycles. The summed E-state index contributed by atoms with van der Waals surface area (Å²) in [5.41, 5.74) is 0.730. The third kappa shape index (κ3) is 7.54. The van der Waals surface area contributed by atoms with E-state index in [1.54, 1.807) is 24.3 Å². The Labute approximate surface area is 178 Å². The molecule has 0 bridgehead atoms. The molecule has 1 aliphatic heterocycles. The number of amides is 1. The Morgan fingerprint density at radius 1 is 0.935 bits per heavy atom. The normalized spacial score (nSPS) is 25.1. The van der Waals surface area contributed by atoms with E-state index >= 15 is 0 Å². The zero-order chi connectivity index (χ0) is 23.0. The molecule has 5 atom stereocenters. The molecule has 0 saturated carbocycles. The summed E-state index contributed by atoms with van der Waals surface area (Å²) in [5.74, 6) is -2.12. The standard InChI is InChI=1S/C20H25NO10/c1-11(22)27-10-15-17(29-12(2)23)18(30-13(3)24)16(19(25)31-15)21-20(26)28-9-14-7-5-4-6-8-14/h4-8,15-19,25H,9-10H2,1-3H3,(H,21,26)/t15-,16+,17+,18-,19-/m1/s1. The molecule has 2 rings (SSSR count). The van der Waals surface area contributed by atoms with Gasteiger partial charge in [-0.1, -0.05) is 30.3 Å². The number of nitrogens with one attached hydrogen (secondary N) is 1. The van der Waals surface area contributed by atoms with Gasteiger partial charge in [0.25, 0.3) is 0 Å². The Morgan fingerprint density at radius 2 is 1.55 bits per heavy atom. The minimum Gasteiger partial charge on any atom is -0.463 e. The highest BCUT2D eigenvalue weighted by Gasteiger charge is 2.50. The van der Waals surface area contributed by atoms with Crippen LogP contribution in [0.4, 0.5) is 4.79 Å². The number of hydrogen-bond donors (Lipinski definition) is 2. The number of benzene rings is 1. The number of ether oxygens (including phenoxy) is 5. The quantitative estimate of drug-likeness (QED) is 0.453. The van der Waals surface area contributed by atoms with E-state index in [4.69, 9.17) is 23.7 Å². The summed E-state index contributed by atoms with van der Waals surface area (Å²) >= 11 is 0. The van der Waals surface area contributed by atoms with Crippen LogP contribution >= 0.6 is 0 Å². The van der Waals surface area contributed by atoms with Gasteiger partial charge < -0.3 is 34.1 Å².